The Morgan fingerprint density at radius 2 is 1.36 bits per heavy atom. The predicted octanol–water partition coefficient (Wildman–Crippen LogP) is 6.82. The van der Waals surface area contributed by atoms with Crippen LogP contribution in [-0.2, 0) is 4.74 Å². The van der Waals surface area contributed by atoms with E-state index in [1.807, 2.05) is 0 Å². The number of epoxide rings is 1. The average Bonchev–Trinajstić information content (AvgIpc) is 3.09. The number of ether oxygens (including phenoxy) is 1. The summed E-state index contributed by atoms with van der Waals surface area (Å²) < 4.78 is 5.67. The molecule has 0 aromatic carbocycles. The van der Waals surface area contributed by atoms with Gasteiger partial charge in [-0.25, -0.2) is 0 Å². The van der Waals surface area contributed by atoms with Crippen LogP contribution in [0.4, 0.5) is 0 Å². The topological polar surface area (TPSA) is 12.5 Å². The molecule has 0 aliphatic carbocycles. The largest absolute Gasteiger partial charge is 0.365 e. The second kappa shape index (κ2) is 10.2. The highest BCUT2D eigenvalue weighted by Crippen LogP contribution is 2.41. The van der Waals surface area contributed by atoms with Crippen LogP contribution in [0.1, 0.15) is 92.4 Å². The first-order valence-electron chi connectivity index (χ1n) is 9.61. The quantitative estimate of drug-likeness (QED) is 0.266. The van der Waals surface area contributed by atoms with E-state index >= 15 is 0 Å². The minimum Gasteiger partial charge on any atom is -0.365 e. The summed E-state index contributed by atoms with van der Waals surface area (Å²) in [5.41, 5.74) is 0.104. The van der Waals surface area contributed by atoms with Crippen molar-refractivity contribution in [3.63, 3.8) is 0 Å². The summed E-state index contributed by atoms with van der Waals surface area (Å²) in [6.07, 6.45) is 12.6. The third-order valence-electron chi connectivity index (χ3n) is 5.42. The summed E-state index contributed by atoms with van der Waals surface area (Å²) in [7, 11) is 0. The van der Waals surface area contributed by atoms with Crippen molar-refractivity contribution in [1.82, 2.24) is 0 Å². The Kier molecular flexibility index (Phi) is 9.40. The maximum atomic E-state index is 5.85. The van der Waals surface area contributed by atoms with Crippen LogP contribution in [0, 0.1) is 17.8 Å². The average molecular weight is 331 g/mol. The van der Waals surface area contributed by atoms with E-state index in [2.05, 4.69) is 34.6 Å². The Hall–Kier alpha value is 0.250. The van der Waals surface area contributed by atoms with Gasteiger partial charge in [-0.05, 0) is 31.1 Å². The van der Waals surface area contributed by atoms with E-state index < -0.39 is 0 Å². The first kappa shape index (κ1) is 20.3. The van der Waals surface area contributed by atoms with Crippen molar-refractivity contribution in [2.24, 2.45) is 17.8 Å². The Morgan fingerprint density at radius 3 is 1.82 bits per heavy atom. The predicted molar refractivity (Wildman–Crippen MR) is 98.7 cm³/mol. The first-order chi connectivity index (χ1) is 10.4. The van der Waals surface area contributed by atoms with Gasteiger partial charge in [-0.2, -0.15) is 0 Å². The number of alkyl halides is 1. The van der Waals surface area contributed by atoms with Crippen LogP contribution < -0.4 is 0 Å². The monoisotopic (exact) mass is 330 g/mol. The minimum absolute atomic E-state index is 0.104. The molecule has 0 aromatic rings. The van der Waals surface area contributed by atoms with Crippen LogP contribution in [0.5, 0.6) is 0 Å². The van der Waals surface area contributed by atoms with Crippen LogP contribution in [-0.4, -0.2) is 17.6 Å². The fraction of sp³-hybridized carbons (Fsp3) is 1.00. The highest BCUT2D eigenvalue weighted by molar-refractivity contribution is 6.18. The van der Waals surface area contributed by atoms with Gasteiger partial charge in [0.2, 0.25) is 0 Å². The fourth-order valence-corrected chi connectivity index (χ4v) is 3.87. The van der Waals surface area contributed by atoms with Gasteiger partial charge in [0.05, 0.1) is 11.5 Å². The molecule has 0 N–H and O–H groups in total. The van der Waals surface area contributed by atoms with Crippen molar-refractivity contribution >= 4 is 11.6 Å². The van der Waals surface area contributed by atoms with Gasteiger partial charge in [0.15, 0.2) is 0 Å². The number of halogens is 1. The van der Waals surface area contributed by atoms with E-state index in [9.17, 15) is 0 Å². The molecule has 0 bridgehead atoms. The highest BCUT2D eigenvalue weighted by atomic mass is 35.5. The highest BCUT2D eigenvalue weighted by Gasteiger charge is 2.50. The molecule has 1 saturated heterocycles. The van der Waals surface area contributed by atoms with E-state index in [0.717, 1.165) is 17.8 Å². The molecule has 1 heterocycles. The normalized spacial score (nSPS) is 27.1. The number of hydrogen-bond donors (Lipinski definition) is 0. The van der Waals surface area contributed by atoms with Crippen molar-refractivity contribution in [2.75, 3.05) is 5.88 Å². The third kappa shape index (κ3) is 8.20. The van der Waals surface area contributed by atoms with Gasteiger partial charge in [0, 0.05) is 0 Å². The van der Waals surface area contributed by atoms with Gasteiger partial charge in [-0.15, -0.1) is 11.6 Å². The zero-order valence-electron chi connectivity index (χ0n) is 15.7. The Labute approximate surface area is 144 Å². The summed E-state index contributed by atoms with van der Waals surface area (Å²) in [4.78, 5) is 0. The van der Waals surface area contributed by atoms with Gasteiger partial charge < -0.3 is 4.74 Å². The molecule has 1 rings (SSSR count). The summed E-state index contributed by atoms with van der Waals surface area (Å²) in [6, 6.07) is 0. The molecule has 1 nitrogen and oxygen atoms in total. The molecule has 0 amide bonds. The lowest BCUT2D eigenvalue weighted by Crippen LogP contribution is -2.11. The lowest BCUT2D eigenvalue weighted by Gasteiger charge is -2.15. The molecule has 4 atom stereocenters. The number of hydrogen-bond acceptors (Lipinski definition) is 1. The summed E-state index contributed by atoms with van der Waals surface area (Å²) in [5.74, 6) is 3.29. The van der Waals surface area contributed by atoms with Gasteiger partial charge in [-0.3, -0.25) is 0 Å². The molecule has 1 aliphatic rings. The van der Waals surface area contributed by atoms with E-state index in [1.165, 1.54) is 57.8 Å². The van der Waals surface area contributed by atoms with E-state index in [1.54, 1.807) is 0 Å². The lowest BCUT2D eigenvalue weighted by atomic mass is 9.91. The van der Waals surface area contributed by atoms with Crippen molar-refractivity contribution in [3.8, 4) is 0 Å². The summed E-state index contributed by atoms with van der Waals surface area (Å²) in [5, 5.41) is 0. The molecule has 22 heavy (non-hydrogen) atoms. The Bertz CT molecular complexity index is 291. The molecule has 0 radical (unpaired) electrons. The Balaban J connectivity index is 1.96. The molecular weight excluding hydrogens is 292 g/mol. The van der Waals surface area contributed by atoms with Gasteiger partial charge in [0.25, 0.3) is 0 Å². The zero-order valence-corrected chi connectivity index (χ0v) is 16.4. The summed E-state index contributed by atoms with van der Waals surface area (Å²) in [6.45, 7) is 11.7. The van der Waals surface area contributed by atoms with E-state index in [0.29, 0.717) is 12.0 Å². The molecule has 132 valence electrons. The van der Waals surface area contributed by atoms with Crippen LogP contribution in [0.15, 0.2) is 0 Å². The maximum Gasteiger partial charge on any atom is 0.101 e. The van der Waals surface area contributed by atoms with Crippen LogP contribution in [0.2, 0.25) is 0 Å². The summed E-state index contributed by atoms with van der Waals surface area (Å²) >= 11 is 5.85. The van der Waals surface area contributed by atoms with Crippen LogP contribution in [0.3, 0.4) is 0 Å². The molecular formula is C20H39ClO. The van der Waals surface area contributed by atoms with E-state index in [4.69, 9.17) is 16.3 Å². The second-order valence-electron chi connectivity index (χ2n) is 8.43. The van der Waals surface area contributed by atoms with Crippen molar-refractivity contribution < 1.29 is 4.74 Å². The SMILES string of the molecule is CC(C)CCC[C@@H](C)CCC[C@H](C)CCC[C@@]1(C)O[C@@H]1CCl. The smallest absolute Gasteiger partial charge is 0.101 e. The number of rotatable bonds is 13. The van der Waals surface area contributed by atoms with Gasteiger partial charge >= 0.3 is 0 Å². The Morgan fingerprint density at radius 1 is 0.864 bits per heavy atom. The molecule has 1 fully saturated rings. The van der Waals surface area contributed by atoms with Gasteiger partial charge in [-0.1, -0.05) is 79.1 Å². The third-order valence-corrected chi connectivity index (χ3v) is 5.70. The van der Waals surface area contributed by atoms with Crippen molar-refractivity contribution in [2.45, 2.75) is 104 Å². The molecule has 0 aromatic heterocycles. The van der Waals surface area contributed by atoms with Crippen LogP contribution >= 0.6 is 11.6 Å². The van der Waals surface area contributed by atoms with Crippen molar-refractivity contribution in [3.05, 3.63) is 0 Å². The van der Waals surface area contributed by atoms with Crippen LogP contribution in [0.25, 0.3) is 0 Å². The molecule has 2 heteroatoms. The van der Waals surface area contributed by atoms with Crippen molar-refractivity contribution in [1.29, 1.82) is 0 Å². The second-order valence-corrected chi connectivity index (χ2v) is 8.74. The molecule has 1 aliphatic heterocycles. The zero-order chi connectivity index (χ0) is 16.6. The minimum atomic E-state index is 0.104. The first-order valence-corrected chi connectivity index (χ1v) is 10.1. The standard InChI is InChI=1S/C20H39ClO/c1-16(2)9-6-10-17(3)11-7-12-18(4)13-8-14-20(5)19(15-21)22-20/h16-19H,6-15H2,1-5H3/t17-,18+,19-,20-/m1/s1. The lowest BCUT2D eigenvalue weighted by molar-refractivity contribution is 0.286. The van der Waals surface area contributed by atoms with Gasteiger partial charge in [0.1, 0.15) is 6.10 Å². The molecule has 0 saturated carbocycles. The fourth-order valence-electron chi connectivity index (χ4n) is 3.49. The maximum absolute atomic E-state index is 5.85. The van der Waals surface area contributed by atoms with E-state index in [-0.39, 0.29) is 5.60 Å². The molecule has 0 spiro atoms. The molecule has 0 unspecified atom stereocenters.